The van der Waals surface area contributed by atoms with Crippen molar-refractivity contribution in [3.8, 4) is 0 Å². The van der Waals surface area contributed by atoms with Crippen LogP contribution in [0.2, 0.25) is 0 Å². The van der Waals surface area contributed by atoms with Crippen LogP contribution in [0.1, 0.15) is 24.9 Å². The number of carbonyl (C=O) groups excluding carboxylic acids is 1. The van der Waals surface area contributed by atoms with Crippen LogP contribution in [-0.2, 0) is 4.79 Å². The van der Waals surface area contributed by atoms with Crippen LogP contribution >= 0.6 is 0 Å². The predicted octanol–water partition coefficient (Wildman–Crippen LogP) is 1.93. The zero-order chi connectivity index (χ0) is 9.97. The van der Waals surface area contributed by atoms with E-state index < -0.39 is 0 Å². The zero-order valence-corrected chi connectivity index (χ0v) is 8.36. The van der Waals surface area contributed by atoms with Crippen molar-refractivity contribution < 1.29 is 4.79 Å². The third-order valence-electron chi connectivity index (χ3n) is 2.90. The fraction of sp³-hybridized carbons (Fsp3) is 0.417. The summed E-state index contributed by atoms with van der Waals surface area (Å²) >= 11 is 0. The fourth-order valence-corrected chi connectivity index (χ4v) is 2.15. The summed E-state index contributed by atoms with van der Waals surface area (Å²) in [5, 5.41) is 3.38. The van der Waals surface area contributed by atoms with Gasteiger partial charge in [0.15, 0.2) is 0 Å². The smallest absolute Gasteiger partial charge is 0.134 e. The largest absolute Gasteiger partial charge is 0.309 e. The first-order valence-electron chi connectivity index (χ1n) is 5.08. The summed E-state index contributed by atoms with van der Waals surface area (Å²) in [6, 6.07) is 10.4. The van der Waals surface area contributed by atoms with Gasteiger partial charge in [-0.25, -0.2) is 0 Å². The highest BCUT2D eigenvalue weighted by Crippen LogP contribution is 2.29. The molecule has 2 nitrogen and oxygen atoms in total. The number of benzene rings is 1. The molecule has 1 N–H and O–H groups in total. The summed E-state index contributed by atoms with van der Waals surface area (Å²) in [4.78, 5) is 11.4. The maximum absolute atomic E-state index is 11.4. The highest BCUT2D eigenvalue weighted by molar-refractivity contribution is 5.79. The van der Waals surface area contributed by atoms with Gasteiger partial charge in [-0.2, -0.15) is 0 Å². The molecule has 0 bridgehead atoms. The minimum absolute atomic E-state index is 0.164. The Morgan fingerprint density at radius 2 is 2.07 bits per heavy atom. The zero-order valence-electron chi connectivity index (χ0n) is 8.36. The highest BCUT2D eigenvalue weighted by Gasteiger charge is 2.30. The quantitative estimate of drug-likeness (QED) is 0.770. The van der Waals surface area contributed by atoms with Gasteiger partial charge >= 0.3 is 0 Å². The van der Waals surface area contributed by atoms with Gasteiger partial charge in [-0.1, -0.05) is 30.3 Å². The fourth-order valence-electron chi connectivity index (χ4n) is 2.15. The number of rotatable bonds is 2. The van der Waals surface area contributed by atoms with E-state index in [1.54, 1.807) is 6.92 Å². The maximum Gasteiger partial charge on any atom is 0.134 e. The van der Waals surface area contributed by atoms with Crippen LogP contribution in [0.15, 0.2) is 30.3 Å². The highest BCUT2D eigenvalue weighted by atomic mass is 16.1. The van der Waals surface area contributed by atoms with E-state index in [4.69, 9.17) is 0 Å². The van der Waals surface area contributed by atoms with E-state index >= 15 is 0 Å². The van der Waals surface area contributed by atoms with Crippen molar-refractivity contribution in [2.75, 3.05) is 6.54 Å². The molecule has 0 amide bonds. The minimum Gasteiger partial charge on any atom is -0.309 e. The van der Waals surface area contributed by atoms with Crippen molar-refractivity contribution in [1.82, 2.24) is 5.32 Å². The molecule has 1 heterocycles. The molecule has 0 saturated carbocycles. The second-order valence-electron chi connectivity index (χ2n) is 3.85. The van der Waals surface area contributed by atoms with Crippen molar-refractivity contribution in [3.05, 3.63) is 35.9 Å². The molecule has 2 unspecified atom stereocenters. The van der Waals surface area contributed by atoms with Crippen molar-refractivity contribution in [2.45, 2.75) is 19.4 Å². The molecule has 2 heteroatoms. The summed E-state index contributed by atoms with van der Waals surface area (Å²) < 4.78 is 0. The van der Waals surface area contributed by atoms with Crippen molar-refractivity contribution in [1.29, 1.82) is 0 Å². The van der Waals surface area contributed by atoms with Gasteiger partial charge in [-0.3, -0.25) is 4.79 Å². The minimum atomic E-state index is 0.164. The normalized spacial score (nSPS) is 26.4. The molecule has 1 aliphatic heterocycles. The molecule has 1 aliphatic rings. The van der Waals surface area contributed by atoms with E-state index in [1.165, 1.54) is 5.56 Å². The third kappa shape index (κ3) is 1.70. The standard InChI is InChI=1S/C12H15NO/c1-9(14)11-7-8-13-12(11)10-5-3-2-4-6-10/h2-6,11-13H,7-8H2,1H3. The molecule has 14 heavy (non-hydrogen) atoms. The van der Waals surface area contributed by atoms with E-state index in [0.717, 1.165) is 13.0 Å². The maximum atomic E-state index is 11.4. The van der Waals surface area contributed by atoms with Crippen molar-refractivity contribution in [3.63, 3.8) is 0 Å². The SMILES string of the molecule is CC(=O)C1CCNC1c1ccccc1. The lowest BCUT2D eigenvalue weighted by molar-refractivity contribution is -0.121. The Kier molecular flexibility index (Phi) is 2.64. The van der Waals surface area contributed by atoms with E-state index in [2.05, 4.69) is 17.4 Å². The van der Waals surface area contributed by atoms with Gasteiger partial charge in [-0.05, 0) is 25.5 Å². The average molecular weight is 189 g/mol. The molecular weight excluding hydrogens is 174 g/mol. The lowest BCUT2D eigenvalue weighted by Crippen LogP contribution is -2.21. The second-order valence-corrected chi connectivity index (χ2v) is 3.85. The molecule has 2 rings (SSSR count). The van der Waals surface area contributed by atoms with Gasteiger partial charge in [0.05, 0.1) is 0 Å². The van der Waals surface area contributed by atoms with Crippen LogP contribution in [0.3, 0.4) is 0 Å². The van der Waals surface area contributed by atoms with Gasteiger partial charge in [0.25, 0.3) is 0 Å². The first-order valence-corrected chi connectivity index (χ1v) is 5.08. The molecular formula is C12H15NO. The summed E-state index contributed by atoms with van der Waals surface area (Å²) in [6.07, 6.45) is 0.967. The van der Waals surface area contributed by atoms with Crippen LogP contribution < -0.4 is 5.32 Å². The van der Waals surface area contributed by atoms with Gasteiger partial charge in [0, 0.05) is 12.0 Å². The molecule has 0 radical (unpaired) electrons. The van der Waals surface area contributed by atoms with Crippen LogP contribution in [0.5, 0.6) is 0 Å². The number of carbonyl (C=O) groups is 1. The lowest BCUT2D eigenvalue weighted by Gasteiger charge is -2.17. The van der Waals surface area contributed by atoms with E-state index in [0.29, 0.717) is 5.78 Å². The van der Waals surface area contributed by atoms with Gasteiger partial charge in [0.2, 0.25) is 0 Å². The molecule has 0 spiro atoms. The second kappa shape index (κ2) is 3.93. The third-order valence-corrected chi connectivity index (χ3v) is 2.90. The Hall–Kier alpha value is -1.15. The molecule has 2 atom stereocenters. The van der Waals surface area contributed by atoms with E-state index in [-0.39, 0.29) is 12.0 Å². The van der Waals surface area contributed by atoms with Crippen LogP contribution in [0, 0.1) is 5.92 Å². The summed E-state index contributed by atoms with van der Waals surface area (Å²) in [5.41, 5.74) is 1.23. The summed E-state index contributed by atoms with van der Waals surface area (Å²) in [7, 11) is 0. The molecule has 1 saturated heterocycles. The lowest BCUT2D eigenvalue weighted by atomic mass is 9.91. The van der Waals surface area contributed by atoms with E-state index in [9.17, 15) is 4.79 Å². The Morgan fingerprint density at radius 1 is 1.36 bits per heavy atom. The van der Waals surface area contributed by atoms with Crippen LogP contribution in [0.4, 0.5) is 0 Å². The number of nitrogens with one attached hydrogen (secondary N) is 1. The van der Waals surface area contributed by atoms with Gasteiger partial charge < -0.3 is 5.32 Å². The topological polar surface area (TPSA) is 29.1 Å². The number of hydrogen-bond donors (Lipinski definition) is 1. The molecule has 1 aromatic rings. The Morgan fingerprint density at radius 3 is 2.71 bits per heavy atom. The van der Waals surface area contributed by atoms with E-state index in [1.807, 2.05) is 18.2 Å². The van der Waals surface area contributed by atoms with Gasteiger partial charge in [-0.15, -0.1) is 0 Å². The Labute approximate surface area is 84.3 Å². The number of hydrogen-bond acceptors (Lipinski definition) is 2. The Bertz CT molecular complexity index is 320. The molecule has 0 aliphatic carbocycles. The first-order chi connectivity index (χ1) is 6.79. The van der Waals surface area contributed by atoms with Crippen LogP contribution in [0.25, 0.3) is 0 Å². The van der Waals surface area contributed by atoms with Crippen molar-refractivity contribution in [2.24, 2.45) is 5.92 Å². The van der Waals surface area contributed by atoms with Gasteiger partial charge in [0.1, 0.15) is 5.78 Å². The first kappa shape index (κ1) is 9.41. The molecule has 0 aromatic heterocycles. The Balaban J connectivity index is 2.22. The molecule has 1 aromatic carbocycles. The average Bonchev–Trinajstić information content (AvgIpc) is 2.67. The van der Waals surface area contributed by atoms with Crippen LogP contribution in [-0.4, -0.2) is 12.3 Å². The number of ketones is 1. The monoisotopic (exact) mass is 189 g/mol. The summed E-state index contributed by atoms with van der Waals surface area (Å²) in [6.45, 7) is 2.64. The predicted molar refractivity (Wildman–Crippen MR) is 56.0 cm³/mol. The summed E-state index contributed by atoms with van der Waals surface area (Å²) in [5.74, 6) is 0.459. The van der Waals surface area contributed by atoms with Crippen molar-refractivity contribution >= 4 is 5.78 Å². The molecule has 74 valence electrons. The molecule has 1 fully saturated rings. The number of Topliss-reactive ketones (excluding diaryl/α,β-unsaturated/α-hetero) is 1.